The molecule has 1 amide bonds. The van der Waals surface area contributed by atoms with Crippen LogP contribution in [0.3, 0.4) is 0 Å². The van der Waals surface area contributed by atoms with Crippen LogP contribution in [0, 0.1) is 6.92 Å². The van der Waals surface area contributed by atoms with E-state index >= 15 is 0 Å². The predicted molar refractivity (Wildman–Crippen MR) is 103 cm³/mol. The van der Waals surface area contributed by atoms with Crippen molar-refractivity contribution in [2.45, 2.75) is 13.8 Å². The quantitative estimate of drug-likeness (QED) is 0.817. The number of aromatic nitrogens is 2. The Labute approximate surface area is 156 Å². The van der Waals surface area contributed by atoms with Gasteiger partial charge >= 0.3 is 0 Å². The van der Waals surface area contributed by atoms with E-state index in [2.05, 4.69) is 25.3 Å². The van der Waals surface area contributed by atoms with Gasteiger partial charge in [0.05, 0.1) is 12.1 Å². The largest absolute Gasteiger partial charge is 0.507 e. The number of anilines is 1. The van der Waals surface area contributed by atoms with E-state index in [0.29, 0.717) is 36.1 Å². The Kier molecular flexibility index (Phi) is 4.15. The molecule has 0 aromatic carbocycles. The molecule has 2 N–H and O–H groups in total. The maximum absolute atomic E-state index is 11.1. The average Bonchev–Trinajstić information content (AvgIpc) is 3.12. The van der Waals surface area contributed by atoms with E-state index in [-0.39, 0.29) is 11.7 Å². The molecule has 136 valence electrons. The number of aliphatic hydroxyl groups is 1. The Balaban J connectivity index is 1.68. The molecule has 2 aliphatic heterocycles. The molecule has 2 aromatic heterocycles. The van der Waals surface area contributed by atoms with Crippen LogP contribution in [0.15, 0.2) is 46.5 Å². The first kappa shape index (κ1) is 16.9. The molecule has 0 saturated carbocycles. The molecule has 2 aromatic rings. The lowest BCUT2D eigenvalue weighted by molar-refractivity contribution is -0.114. The fourth-order valence-electron chi connectivity index (χ4n) is 2.99. The van der Waals surface area contributed by atoms with Crippen LogP contribution in [0.25, 0.3) is 5.76 Å². The van der Waals surface area contributed by atoms with Crippen molar-refractivity contribution in [3.63, 3.8) is 0 Å². The van der Waals surface area contributed by atoms with Gasteiger partial charge < -0.3 is 15.3 Å². The van der Waals surface area contributed by atoms with Crippen LogP contribution in [0.5, 0.6) is 0 Å². The van der Waals surface area contributed by atoms with Crippen molar-refractivity contribution in [3.05, 3.63) is 53.4 Å². The van der Waals surface area contributed by atoms with Crippen LogP contribution in [0.2, 0.25) is 0 Å². The van der Waals surface area contributed by atoms with Crippen molar-refractivity contribution in [2.24, 2.45) is 9.98 Å². The van der Waals surface area contributed by atoms with Crippen molar-refractivity contribution >= 4 is 35.0 Å². The van der Waals surface area contributed by atoms with Crippen LogP contribution >= 0.6 is 0 Å². The molecule has 2 aliphatic rings. The monoisotopic (exact) mass is 362 g/mol. The molecule has 0 unspecified atom stereocenters. The number of aliphatic hydroxyl groups excluding tert-OH is 1. The number of aliphatic imine (C=N–C) groups is 2. The third kappa shape index (κ3) is 3.29. The van der Waals surface area contributed by atoms with E-state index in [1.807, 2.05) is 24.0 Å². The molecular formula is C19H18N6O2. The van der Waals surface area contributed by atoms with E-state index in [1.54, 1.807) is 18.2 Å². The van der Waals surface area contributed by atoms with Crippen LogP contribution < -0.4 is 5.32 Å². The van der Waals surface area contributed by atoms with Crippen LogP contribution in [-0.2, 0) is 4.79 Å². The smallest absolute Gasteiger partial charge is 0.222 e. The lowest BCUT2D eigenvalue weighted by Crippen LogP contribution is -2.36. The Bertz CT molecular complexity index is 1010. The summed E-state index contributed by atoms with van der Waals surface area (Å²) in [7, 11) is 0. The molecule has 4 heterocycles. The number of nitrogens with one attached hydrogen (secondary N) is 1. The highest BCUT2D eigenvalue weighted by Gasteiger charge is 2.29. The lowest BCUT2D eigenvalue weighted by atomic mass is 10.1. The van der Waals surface area contributed by atoms with Gasteiger partial charge in [0.15, 0.2) is 5.82 Å². The summed E-state index contributed by atoms with van der Waals surface area (Å²) in [4.78, 5) is 30.8. The van der Waals surface area contributed by atoms with Gasteiger partial charge in [-0.2, -0.15) is 0 Å². The molecule has 0 aliphatic carbocycles. The van der Waals surface area contributed by atoms with Crippen molar-refractivity contribution < 1.29 is 9.90 Å². The summed E-state index contributed by atoms with van der Waals surface area (Å²) in [6.07, 6.45) is 3.08. The molecule has 0 spiro atoms. The molecule has 8 nitrogen and oxygen atoms in total. The highest BCUT2D eigenvalue weighted by Crippen LogP contribution is 2.28. The third-order valence-electron chi connectivity index (χ3n) is 4.22. The third-order valence-corrected chi connectivity index (χ3v) is 4.22. The maximum atomic E-state index is 11.1. The number of carbonyl (C=O) groups excluding carboxylic acids is 1. The zero-order valence-corrected chi connectivity index (χ0v) is 15.0. The minimum absolute atomic E-state index is 0.0259. The summed E-state index contributed by atoms with van der Waals surface area (Å²) < 4.78 is 0. The van der Waals surface area contributed by atoms with Gasteiger partial charge in [-0.25, -0.2) is 15.0 Å². The summed E-state index contributed by atoms with van der Waals surface area (Å²) in [6, 6.07) is 7.23. The zero-order valence-electron chi connectivity index (χ0n) is 15.0. The second-order valence-electron chi connectivity index (χ2n) is 6.29. The molecule has 0 bridgehead atoms. The first-order valence-corrected chi connectivity index (χ1v) is 8.54. The highest BCUT2D eigenvalue weighted by atomic mass is 16.3. The van der Waals surface area contributed by atoms with Crippen LogP contribution in [0.1, 0.15) is 23.7 Å². The normalized spacial score (nSPS) is 15.6. The van der Waals surface area contributed by atoms with E-state index < -0.39 is 0 Å². The van der Waals surface area contributed by atoms with Gasteiger partial charge in [-0.3, -0.25) is 9.79 Å². The fourth-order valence-corrected chi connectivity index (χ4v) is 2.99. The fraction of sp³-hybridized carbons (Fsp3) is 0.211. The van der Waals surface area contributed by atoms with Gasteiger partial charge in [0.2, 0.25) is 5.91 Å². The highest BCUT2D eigenvalue weighted by molar-refractivity contribution is 6.19. The standard InChI is InChI=1S/C19H18N6O2/c1-11-3-5-14-18(22-11)24-17(25-8-7-20-19(14)25)9-15(27)13-4-6-16(21-10-13)23-12(2)26/h3-6,9-10,27H,7-8H2,1-2H3,(H,21,23,26)/b15-9-. The topological polar surface area (TPSA) is 103 Å². The minimum Gasteiger partial charge on any atom is -0.507 e. The zero-order chi connectivity index (χ0) is 19.0. The number of hydrogen-bond donors (Lipinski definition) is 2. The Morgan fingerprint density at radius 1 is 1.30 bits per heavy atom. The number of hydrogen-bond acceptors (Lipinski definition) is 7. The van der Waals surface area contributed by atoms with Gasteiger partial charge in [-0.15, -0.1) is 0 Å². The summed E-state index contributed by atoms with van der Waals surface area (Å²) >= 11 is 0. The average molecular weight is 362 g/mol. The molecule has 8 heteroatoms. The van der Waals surface area contributed by atoms with E-state index in [1.165, 1.54) is 13.1 Å². The van der Waals surface area contributed by atoms with Gasteiger partial charge in [0.25, 0.3) is 0 Å². The van der Waals surface area contributed by atoms with E-state index in [0.717, 1.165) is 17.1 Å². The molecule has 0 saturated heterocycles. The number of amidine groups is 2. The molecule has 27 heavy (non-hydrogen) atoms. The van der Waals surface area contributed by atoms with Crippen molar-refractivity contribution in [1.29, 1.82) is 0 Å². The summed E-state index contributed by atoms with van der Waals surface area (Å²) in [5.74, 6) is 2.26. The lowest BCUT2D eigenvalue weighted by Gasteiger charge is -2.25. The van der Waals surface area contributed by atoms with E-state index in [9.17, 15) is 9.90 Å². The molecule has 4 rings (SSSR count). The molecule has 0 fully saturated rings. The number of carbonyl (C=O) groups is 1. The Hall–Kier alpha value is -3.55. The van der Waals surface area contributed by atoms with Crippen molar-refractivity contribution in [3.8, 4) is 0 Å². The number of rotatable bonds is 3. The Morgan fingerprint density at radius 3 is 2.89 bits per heavy atom. The second kappa shape index (κ2) is 6.64. The minimum atomic E-state index is -0.200. The van der Waals surface area contributed by atoms with Crippen LogP contribution in [-0.4, -0.2) is 50.6 Å². The molecular weight excluding hydrogens is 344 g/mol. The summed E-state index contributed by atoms with van der Waals surface area (Å²) in [5.41, 5.74) is 2.29. The first-order chi connectivity index (χ1) is 13.0. The molecule has 0 atom stereocenters. The van der Waals surface area contributed by atoms with Gasteiger partial charge in [-0.05, 0) is 31.2 Å². The second-order valence-corrected chi connectivity index (χ2v) is 6.29. The van der Waals surface area contributed by atoms with E-state index in [4.69, 9.17) is 0 Å². The van der Waals surface area contributed by atoms with Gasteiger partial charge in [-0.1, -0.05) is 0 Å². The Morgan fingerprint density at radius 2 is 2.15 bits per heavy atom. The SMILES string of the molecule is CC(=O)Nc1ccc(/C(O)=C/C2=Nc3nc(C)ccc3C3=NCCN23)cn1. The maximum Gasteiger partial charge on any atom is 0.222 e. The van der Waals surface area contributed by atoms with Crippen molar-refractivity contribution in [1.82, 2.24) is 14.9 Å². The molecule has 0 radical (unpaired) electrons. The summed E-state index contributed by atoms with van der Waals surface area (Å²) in [6.45, 7) is 4.69. The number of fused-ring (bicyclic) bond motifs is 3. The number of nitrogens with zero attached hydrogens (tertiary/aromatic N) is 5. The summed E-state index contributed by atoms with van der Waals surface area (Å²) in [5, 5.41) is 13.1. The van der Waals surface area contributed by atoms with Crippen LogP contribution in [0.4, 0.5) is 11.6 Å². The van der Waals surface area contributed by atoms with Crippen molar-refractivity contribution in [2.75, 3.05) is 18.4 Å². The van der Waals surface area contributed by atoms with Gasteiger partial charge in [0, 0.05) is 37.0 Å². The number of pyridine rings is 2. The number of amides is 1. The number of aryl methyl sites for hydroxylation is 1. The van der Waals surface area contributed by atoms with Gasteiger partial charge in [0.1, 0.15) is 23.2 Å². The first-order valence-electron chi connectivity index (χ1n) is 8.54. The predicted octanol–water partition coefficient (Wildman–Crippen LogP) is 2.45.